The molecule has 4 heteroatoms. The van der Waals surface area contributed by atoms with Gasteiger partial charge in [0.25, 0.3) is 0 Å². The summed E-state index contributed by atoms with van der Waals surface area (Å²) in [6.07, 6.45) is 5.06. The van der Waals surface area contributed by atoms with E-state index in [4.69, 9.17) is 9.47 Å². The van der Waals surface area contributed by atoms with Gasteiger partial charge < -0.3 is 9.47 Å². The molecular formula is C16H26ClNO2. The van der Waals surface area contributed by atoms with E-state index in [1.807, 2.05) is 24.3 Å². The van der Waals surface area contributed by atoms with Crippen molar-refractivity contribution in [2.45, 2.75) is 32.6 Å². The lowest BCUT2D eigenvalue weighted by Crippen LogP contribution is -2.33. The molecule has 3 nitrogen and oxygen atoms in total. The first-order valence-electron chi connectivity index (χ1n) is 7.47. The molecule has 0 spiro atoms. The fraction of sp³-hybridized carbons (Fsp3) is 0.625. The minimum atomic E-state index is 0. The molecule has 1 aromatic carbocycles. The van der Waals surface area contributed by atoms with E-state index in [9.17, 15) is 0 Å². The molecular weight excluding hydrogens is 274 g/mol. The summed E-state index contributed by atoms with van der Waals surface area (Å²) < 4.78 is 11.6. The number of halogens is 1. The molecule has 0 bridgehead atoms. The summed E-state index contributed by atoms with van der Waals surface area (Å²) in [4.78, 5) is 2.49. The Kier molecular flexibility index (Phi) is 8.47. The molecule has 0 aromatic heterocycles. The maximum atomic E-state index is 5.87. The van der Waals surface area contributed by atoms with Crippen LogP contribution in [0.4, 0.5) is 0 Å². The molecule has 0 unspecified atom stereocenters. The molecule has 0 atom stereocenters. The average Bonchev–Trinajstić information content (AvgIpc) is 2.47. The minimum absolute atomic E-state index is 0. The van der Waals surface area contributed by atoms with Gasteiger partial charge in [0.1, 0.15) is 6.61 Å². The van der Waals surface area contributed by atoms with Gasteiger partial charge >= 0.3 is 0 Å². The zero-order chi connectivity index (χ0) is 13.3. The molecule has 2 rings (SSSR count). The number of rotatable bonds is 7. The highest BCUT2D eigenvalue weighted by molar-refractivity contribution is 5.85. The number of ether oxygens (including phenoxy) is 2. The lowest BCUT2D eigenvalue weighted by atomic mass is 10.1. The zero-order valence-corrected chi connectivity index (χ0v) is 13.2. The first-order chi connectivity index (χ1) is 9.40. The number of hydrogen-bond acceptors (Lipinski definition) is 3. The van der Waals surface area contributed by atoms with E-state index in [0.717, 1.165) is 37.7 Å². The van der Waals surface area contributed by atoms with Crippen LogP contribution in [0.15, 0.2) is 24.3 Å². The van der Waals surface area contributed by atoms with Crippen molar-refractivity contribution in [1.82, 2.24) is 4.90 Å². The van der Waals surface area contributed by atoms with Crippen LogP contribution in [0, 0.1) is 0 Å². The second-order valence-corrected chi connectivity index (χ2v) is 5.05. The van der Waals surface area contributed by atoms with E-state index in [1.54, 1.807) is 0 Å². The molecule has 1 aliphatic heterocycles. The largest absolute Gasteiger partial charge is 0.490 e. The van der Waals surface area contributed by atoms with Crippen LogP contribution in [0.2, 0.25) is 0 Å². The highest BCUT2D eigenvalue weighted by Gasteiger charge is 2.10. The average molecular weight is 300 g/mol. The van der Waals surface area contributed by atoms with Crippen molar-refractivity contribution in [2.75, 3.05) is 32.8 Å². The summed E-state index contributed by atoms with van der Waals surface area (Å²) in [5, 5.41) is 0. The topological polar surface area (TPSA) is 21.7 Å². The Morgan fingerprint density at radius 1 is 0.950 bits per heavy atom. The van der Waals surface area contributed by atoms with Crippen LogP contribution in [-0.2, 0) is 0 Å². The fourth-order valence-electron chi connectivity index (χ4n) is 2.37. The molecule has 1 saturated heterocycles. The highest BCUT2D eigenvalue weighted by Crippen LogP contribution is 2.26. The number of nitrogens with zero attached hydrogens (tertiary/aromatic N) is 1. The van der Waals surface area contributed by atoms with Gasteiger partial charge in [0.15, 0.2) is 11.5 Å². The Morgan fingerprint density at radius 3 is 2.15 bits per heavy atom. The quantitative estimate of drug-likeness (QED) is 0.765. The van der Waals surface area contributed by atoms with Gasteiger partial charge in [-0.25, -0.2) is 0 Å². The summed E-state index contributed by atoms with van der Waals surface area (Å²) in [5.74, 6) is 1.73. The number of benzene rings is 1. The Morgan fingerprint density at radius 2 is 1.55 bits per heavy atom. The molecule has 0 N–H and O–H groups in total. The first-order valence-corrected chi connectivity index (χ1v) is 7.47. The van der Waals surface area contributed by atoms with Crippen LogP contribution in [0.25, 0.3) is 0 Å². The maximum Gasteiger partial charge on any atom is 0.161 e. The summed E-state index contributed by atoms with van der Waals surface area (Å²) in [7, 11) is 0. The van der Waals surface area contributed by atoms with Gasteiger partial charge in [0, 0.05) is 6.54 Å². The van der Waals surface area contributed by atoms with Gasteiger partial charge in [-0.15, -0.1) is 12.4 Å². The zero-order valence-electron chi connectivity index (χ0n) is 12.3. The van der Waals surface area contributed by atoms with Crippen LogP contribution >= 0.6 is 12.4 Å². The van der Waals surface area contributed by atoms with Gasteiger partial charge in [0.2, 0.25) is 0 Å². The monoisotopic (exact) mass is 299 g/mol. The van der Waals surface area contributed by atoms with Crippen molar-refractivity contribution in [3.8, 4) is 11.5 Å². The number of para-hydroxylation sites is 2. The Bertz CT molecular complexity index is 367. The second-order valence-electron chi connectivity index (χ2n) is 5.05. The van der Waals surface area contributed by atoms with E-state index in [0.29, 0.717) is 0 Å². The Labute approximate surface area is 128 Å². The molecule has 20 heavy (non-hydrogen) atoms. The van der Waals surface area contributed by atoms with Gasteiger partial charge in [-0.2, -0.15) is 0 Å². The van der Waals surface area contributed by atoms with Crippen molar-refractivity contribution < 1.29 is 9.47 Å². The van der Waals surface area contributed by atoms with E-state index < -0.39 is 0 Å². The van der Waals surface area contributed by atoms with Gasteiger partial charge in [0.05, 0.1) is 6.61 Å². The third-order valence-electron chi connectivity index (χ3n) is 3.42. The van der Waals surface area contributed by atoms with Crippen LogP contribution < -0.4 is 9.47 Å². The van der Waals surface area contributed by atoms with Crippen LogP contribution in [0.1, 0.15) is 32.6 Å². The van der Waals surface area contributed by atoms with E-state index in [-0.39, 0.29) is 12.4 Å². The molecule has 1 heterocycles. The summed E-state index contributed by atoms with van der Waals surface area (Å²) in [6, 6.07) is 7.95. The van der Waals surface area contributed by atoms with Gasteiger partial charge in [-0.3, -0.25) is 4.90 Å². The highest BCUT2D eigenvalue weighted by atomic mass is 35.5. The van der Waals surface area contributed by atoms with E-state index >= 15 is 0 Å². The lowest BCUT2D eigenvalue weighted by molar-refractivity contribution is 0.179. The van der Waals surface area contributed by atoms with Crippen LogP contribution in [-0.4, -0.2) is 37.7 Å². The van der Waals surface area contributed by atoms with Gasteiger partial charge in [-0.1, -0.05) is 25.5 Å². The maximum absolute atomic E-state index is 5.87. The molecule has 0 saturated carbocycles. The smallest absolute Gasteiger partial charge is 0.161 e. The Balaban J connectivity index is 0.00000200. The second kappa shape index (κ2) is 9.89. The fourth-order valence-corrected chi connectivity index (χ4v) is 2.37. The van der Waals surface area contributed by atoms with Crippen molar-refractivity contribution in [3.05, 3.63) is 24.3 Å². The summed E-state index contributed by atoms with van der Waals surface area (Å²) in [5.41, 5.74) is 0. The third-order valence-corrected chi connectivity index (χ3v) is 3.42. The molecule has 1 aromatic rings. The summed E-state index contributed by atoms with van der Waals surface area (Å²) >= 11 is 0. The molecule has 114 valence electrons. The summed E-state index contributed by atoms with van der Waals surface area (Å²) in [6.45, 7) is 7.05. The molecule has 0 amide bonds. The van der Waals surface area contributed by atoms with Crippen molar-refractivity contribution in [2.24, 2.45) is 0 Å². The van der Waals surface area contributed by atoms with Crippen LogP contribution in [0.5, 0.6) is 11.5 Å². The number of likely N-dealkylation sites (tertiary alicyclic amines) is 1. The Hall–Kier alpha value is -0.930. The first kappa shape index (κ1) is 17.1. The third kappa shape index (κ3) is 5.59. The van der Waals surface area contributed by atoms with E-state index in [2.05, 4.69) is 11.8 Å². The van der Waals surface area contributed by atoms with Crippen molar-refractivity contribution >= 4 is 12.4 Å². The standard InChI is InChI=1S/C16H25NO2.ClH/c1-2-13-18-15-8-4-5-9-16(15)19-14-12-17-10-6-3-7-11-17;/h4-5,8-9H,2-3,6-7,10-14H2,1H3;1H. The van der Waals surface area contributed by atoms with E-state index in [1.165, 1.54) is 32.4 Å². The minimum Gasteiger partial charge on any atom is -0.490 e. The van der Waals surface area contributed by atoms with Crippen molar-refractivity contribution in [3.63, 3.8) is 0 Å². The molecule has 1 aliphatic rings. The number of hydrogen-bond donors (Lipinski definition) is 0. The molecule has 1 fully saturated rings. The predicted octanol–water partition coefficient (Wildman–Crippen LogP) is 3.76. The van der Waals surface area contributed by atoms with Crippen LogP contribution in [0.3, 0.4) is 0 Å². The molecule has 0 aliphatic carbocycles. The van der Waals surface area contributed by atoms with Gasteiger partial charge in [-0.05, 0) is 44.5 Å². The van der Waals surface area contributed by atoms with Crippen molar-refractivity contribution in [1.29, 1.82) is 0 Å². The SMILES string of the molecule is CCCOc1ccccc1OCCN1CCCCC1.Cl. The number of piperidine rings is 1. The predicted molar refractivity (Wildman–Crippen MR) is 85.3 cm³/mol. The lowest BCUT2D eigenvalue weighted by Gasteiger charge is -2.26. The normalized spacial score (nSPS) is 15.4. The molecule has 0 radical (unpaired) electrons.